The molecule has 0 aromatic heterocycles. The summed E-state index contributed by atoms with van der Waals surface area (Å²) < 4.78 is 10.1. The molecule has 3 nitrogen and oxygen atoms in total. The predicted octanol–water partition coefficient (Wildman–Crippen LogP) is 2.56. The molecular weight excluding hydrogens is 260 g/mol. The molecule has 0 aliphatic heterocycles. The fourth-order valence-corrected chi connectivity index (χ4v) is 1.34. The van der Waals surface area contributed by atoms with Gasteiger partial charge in [-0.15, -0.1) is 0 Å². The average molecular weight is 273 g/mol. The number of methoxy groups -OCH3 is 1. The van der Waals surface area contributed by atoms with Crippen LogP contribution in [0.5, 0.6) is 5.75 Å². The average Bonchev–Trinajstić information content (AvgIpc) is 2.25. The number of carbonyl (C=O) groups is 1. The zero-order valence-electron chi connectivity index (χ0n) is 8.75. The van der Waals surface area contributed by atoms with E-state index in [-0.39, 0.29) is 5.97 Å². The van der Waals surface area contributed by atoms with Crippen LogP contribution in [-0.2, 0) is 4.74 Å². The van der Waals surface area contributed by atoms with Crippen LogP contribution in [0.3, 0.4) is 0 Å². The number of ether oxygens (including phenoxy) is 2. The van der Waals surface area contributed by atoms with E-state index in [0.29, 0.717) is 17.9 Å². The van der Waals surface area contributed by atoms with Gasteiger partial charge in [-0.2, -0.15) is 0 Å². The van der Waals surface area contributed by atoms with E-state index in [9.17, 15) is 4.79 Å². The molecule has 0 saturated carbocycles. The minimum absolute atomic E-state index is 0.375. The molecule has 0 N–H and O–H groups in total. The Labute approximate surface area is 97.5 Å². The highest BCUT2D eigenvalue weighted by molar-refractivity contribution is 9.09. The number of rotatable bonds is 4. The van der Waals surface area contributed by atoms with Gasteiger partial charge < -0.3 is 9.47 Å². The van der Waals surface area contributed by atoms with Crippen molar-refractivity contribution in [2.24, 2.45) is 0 Å². The van der Waals surface area contributed by atoms with Crippen molar-refractivity contribution in [1.82, 2.24) is 0 Å². The molecule has 0 radical (unpaired) electrons. The van der Waals surface area contributed by atoms with Crippen LogP contribution in [0, 0.1) is 6.92 Å². The Morgan fingerprint density at radius 3 is 2.80 bits per heavy atom. The maximum Gasteiger partial charge on any atom is 0.341 e. The molecule has 0 heterocycles. The molecular formula is C11H13BrO3. The number of aryl methyl sites for hydroxylation is 1. The van der Waals surface area contributed by atoms with E-state index < -0.39 is 0 Å². The van der Waals surface area contributed by atoms with Crippen molar-refractivity contribution in [3.05, 3.63) is 29.3 Å². The summed E-state index contributed by atoms with van der Waals surface area (Å²) in [5.74, 6) is 0.195. The number of alkyl halides is 1. The molecule has 15 heavy (non-hydrogen) atoms. The summed E-state index contributed by atoms with van der Waals surface area (Å²) in [5.41, 5.74) is 1.51. The number of hydrogen-bond acceptors (Lipinski definition) is 3. The van der Waals surface area contributed by atoms with Gasteiger partial charge in [0.25, 0.3) is 0 Å². The van der Waals surface area contributed by atoms with Crippen molar-refractivity contribution in [2.75, 3.05) is 19.0 Å². The lowest BCUT2D eigenvalue weighted by molar-refractivity contribution is 0.0596. The van der Waals surface area contributed by atoms with Gasteiger partial charge in [0.15, 0.2) is 0 Å². The zero-order chi connectivity index (χ0) is 11.3. The first-order valence-electron chi connectivity index (χ1n) is 4.56. The lowest BCUT2D eigenvalue weighted by Gasteiger charge is -2.09. The number of hydrogen-bond donors (Lipinski definition) is 0. The summed E-state index contributed by atoms with van der Waals surface area (Å²) >= 11 is 3.26. The summed E-state index contributed by atoms with van der Waals surface area (Å²) in [6, 6.07) is 5.40. The highest BCUT2D eigenvalue weighted by Crippen LogP contribution is 2.21. The first-order valence-corrected chi connectivity index (χ1v) is 5.69. The van der Waals surface area contributed by atoms with Crippen LogP contribution < -0.4 is 4.74 Å². The summed E-state index contributed by atoms with van der Waals surface area (Å²) in [6.07, 6.45) is 0. The fraction of sp³-hybridized carbons (Fsp3) is 0.364. The van der Waals surface area contributed by atoms with Crippen molar-refractivity contribution in [1.29, 1.82) is 0 Å². The van der Waals surface area contributed by atoms with Gasteiger partial charge in [-0.3, -0.25) is 0 Å². The molecule has 1 aromatic carbocycles. The monoisotopic (exact) mass is 272 g/mol. The van der Waals surface area contributed by atoms with E-state index >= 15 is 0 Å². The Hall–Kier alpha value is -1.03. The third-order valence-electron chi connectivity index (χ3n) is 1.88. The first kappa shape index (κ1) is 12.0. The summed E-state index contributed by atoms with van der Waals surface area (Å²) in [5, 5.41) is 0.724. The highest BCUT2D eigenvalue weighted by Gasteiger charge is 2.12. The van der Waals surface area contributed by atoms with Crippen molar-refractivity contribution in [3.8, 4) is 5.75 Å². The Kier molecular flexibility index (Phi) is 4.62. The van der Waals surface area contributed by atoms with Crippen LogP contribution in [-0.4, -0.2) is 25.0 Å². The molecule has 1 aromatic rings. The number of carbonyl (C=O) groups excluding carboxylic acids is 1. The molecule has 0 aliphatic rings. The quantitative estimate of drug-likeness (QED) is 0.624. The van der Waals surface area contributed by atoms with Gasteiger partial charge >= 0.3 is 5.97 Å². The standard InChI is InChI=1S/C11H13BrO3/c1-8-3-4-9(11(13)14-2)10(7-8)15-6-5-12/h3-4,7H,5-6H2,1-2H3. The minimum Gasteiger partial charge on any atom is -0.492 e. The van der Waals surface area contributed by atoms with Crippen LogP contribution in [0.25, 0.3) is 0 Å². The fourth-order valence-electron chi connectivity index (χ4n) is 1.18. The van der Waals surface area contributed by atoms with Crippen molar-refractivity contribution in [2.45, 2.75) is 6.92 Å². The smallest absolute Gasteiger partial charge is 0.341 e. The van der Waals surface area contributed by atoms with E-state index in [2.05, 4.69) is 20.7 Å². The van der Waals surface area contributed by atoms with Crippen molar-refractivity contribution < 1.29 is 14.3 Å². The highest BCUT2D eigenvalue weighted by atomic mass is 79.9. The summed E-state index contributed by atoms with van der Waals surface area (Å²) in [7, 11) is 1.36. The largest absolute Gasteiger partial charge is 0.492 e. The molecule has 0 atom stereocenters. The zero-order valence-corrected chi connectivity index (χ0v) is 10.3. The molecule has 82 valence electrons. The second kappa shape index (κ2) is 5.75. The van der Waals surface area contributed by atoms with Gasteiger partial charge in [0, 0.05) is 5.33 Å². The van der Waals surface area contributed by atoms with E-state index in [1.54, 1.807) is 6.07 Å². The Balaban J connectivity index is 2.97. The van der Waals surface area contributed by atoms with E-state index in [1.807, 2.05) is 19.1 Å². The Morgan fingerprint density at radius 2 is 2.20 bits per heavy atom. The van der Waals surface area contributed by atoms with Gasteiger partial charge in [-0.25, -0.2) is 4.79 Å². The molecule has 4 heteroatoms. The van der Waals surface area contributed by atoms with E-state index in [4.69, 9.17) is 4.74 Å². The van der Waals surface area contributed by atoms with Gasteiger partial charge in [0.2, 0.25) is 0 Å². The lowest BCUT2D eigenvalue weighted by Crippen LogP contribution is -2.07. The van der Waals surface area contributed by atoms with Crippen LogP contribution in [0.1, 0.15) is 15.9 Å². The van der Waals surface area contributed by atoms with Gasteiger partial charge in [-0.1, -0.05) is 22.0 Å². The van der Waals surface area contributed by atoms with E-state index in [1.165, 1.54) is 7.11 Å². The second-order valence-corrected chi connectivity index (χ2v) is 3.82. The molecule has 0 unspecified atom stereocenters. The molecule has 0 spiro atoms. The maximum absolute atomic E-state index is 11.4. The lowest BCUT2D eigenvalue weighted by atomic mass is 10.1. The van der Waals surface area contributed by atoms with Crippen LogP contribution in [0.15, 0.2) is 18.2 Å². The number of benzene rings is 1. The summed E-state index contributed by atoms with van der Waals surface area (Å²) in [6.45, 7) is 2.47. The number of halogens is 1. The van der Waals surface area contributed by atoms with Gasteiger partial charge in [0.1, 0.15) is 11.3 Å². The Morgan fingerprint density at radius 1 is 1.47 bits per heavy atom. The van der Waals surface area contributed by atoms with Crippen molar-refractivity contribution in [3.63, 3.8) is 0 Å². The third-order valence-corrected chi connectivity index (χ3v) is 2.20. The number of esters is 1. The SMILES string of the molecule is COC(=O)c1ccc(C)cc1OCCBr. The summed E-state index contributed by atoms with van der Waals surface area (Å²) in [4.78, 5) is 11.4. The molecule has 0 fully saturated rings. The topological polar surface area (TPSA) is 35.5 Å². The first-order chi connectivity index (χ1) is 7.19. The van der Waals surface area contributed by atoms with E-state index in [0.717, 1.165) is 10.9 Å². The Bertz CT molecular complexity index is 350. The molecule has 0 bridgehead atoms. The van der Waals surface area contributed by atoms with Crippen LogP contribution in [0.2, 0.25) is 0 Å². The normalized spacial score (nSPS) is 9.80. The third kappa shape index (κ3) is 3.23. The second-order valence-electron chi connectivity index (χ2n) is 3.03. The van der Waals surface area contributed by atoms with Gasteiger partial charge in [-0.05, 0) is 24.6 Å². The van der Waals surface area contributed by atoms with Gasteiger partial charge in [0.05, 0.1) is 13.7 Å². The molecule has 0 saturated heterocycles. The minimum atomic E-state index is -0.375. The van der Waals surface area contributed by atoms with Crippen molar-refractivity contribution >= 4 is 21.9 Å². The van der Waals surface area contributed by atoms with Crippen LogP contribution in [0.4, 0.5) is 0 Å². The maximum atomic E-state index is 11.4. The molecule has 0 aliphatic carbocycles. The van der Waals surface area contributed by atoms with Crippen LogP contribution >= 0.6 is 15.9 Å². The molecule has 0 amide bonds. The molecule has 1 rings (SSSR count). The predicted molar refractivity (Wildman–Crippen MR) is 61.8 cm³/mol.